The zero-order valence-electron chi connectivity index (χ0n) is 8.73. The molecule has 0 aromatic rings. The minimum atomic E-state index is 0.604. The summed E-state index contributed by atoms with van der Waals surface area (Å²) in [6.45, 7) is 8.98. The molecule has 0 bridgehead atoms. The third kappa shape index (κ3) is 2.01. The van der Waals surface area contributed by atoms with E-state index in [4.69, 9.17) is 4.74 Å². The molecule has 1 saturated heterocycles. The van der Waals surface area contributed by atoms with E-state index in [1.165, 1.54) is 25.7 Å². The monoisotopic (exact) mass is 170 g/mol. The Morgan fingerprint density at radius 2 is 1.83 bits per heavy atom. The lowest BCUT2D eigenvalue weighted by Gasteiger charge is -2.40. The number of hydrogen-bond acceptors (Lipinski definition) is 1. The van der Waals surface area contributed by atoms with Crippen LogP contribution in [0.1, 0.15) is 46.5 Å². The molecule has 1 nitrogen and oxygen atoms in total. The minimum absolute atomic E-state index is 0.604. The van der Waals surface area contributed by atoms with E-state index >= 15 is 0 Å². The smallest absolute Gasteiger partial charge is 0.0471 e. The number of hydrogen-bond donors (Lipinski definition) is 0. The molecule has 12 heavy (non-hydrogen) atoms. The van der Waals surface area contributed by atoms with Crippen molar-refractivity contribution in [2.75, 3.05) is 13.2 Å². The van der Waals surface area contributed by atoms with Crippen LogP contribution in [-0.2, 0) is 4.74 Å². The van der Waals surface area contributed by atoms with Gasteiger partial charge in [0.1, 0.15) is 0 Å². The average molecular weight is 170 g/mol. The Kier molecular flexibility index (Phi) is 3.57. The van der Waals surface area contributed by atoms with Crippen molar-refractivity contribution in [2.24, 2.45) is 11.3 Å². The van der Waals surface area contributed by atoms with Gasteiger partial charge in [0.05, 0.1) is 0 Å². The number of ether oxygens (including phenoxy) is 1. The van der Waals surface area contributed by atoms with Gasteiger partial charge in [0.15, 0.2) is 0 Å². The zero-order valence-corrected chi connectivity index (χ0v) is 8.73. The van der Waals surface area contributed by atoms with Gasteiger partial charge >= 0.3 is 0 Å². The van der Waals surface area contributed by atoms with Gasteiger partial charge in [-0.05, 0) is 30.6 Å². The van der Waals surface area contributed by atoms with E-state index in [1.54, 1.807) is 0 Å². The van der Waals surface area contributed by atoms with E-state index in [1.807, 2.05) is 0 Å². The fourth-order valence-electron chi connectivity index (χ4n) is 2.39. The predicted octanol–water partition coefficient (Wildman–Crippen LogP) is 3.24. The largest absolute Gasteiger partial charge is 0.381 e. The van der Waals surface area contributed by atoms with Gasteiger partial charge in [-0.15, -0.1) is 0 Å². The summed E-state index contributed by atoms with van der Waals surface area (Å²) < 4.78 is 5.42. The molecule has 1 aliphatic rings. The molecule has 1 aliphatic heterocycles. The normalized spacial score (nSPS) is 23.0. The van der Waals surface area contributed by atoms with Gasteiger partial charge < -0.3 is 4.74 Å². The molecule has 0 N–H and O–H groups in total. The quantitative estimate of drug-likeness (QED) is 0.632. The second-order valence-electron chi connectivity index (χ2n) is 4.38. The Morgan fingerprint density at radius 1 is 1.25 bits per heavy atom. The second kappa shape index (κ2) is 4.27. The first kappa shape index (κ1) is 10.0. The van der Waals surface area contributed by atoms with Gasteiger partial charge in [0, 0.05) is 13.2 Å². The summed E-state index contributed by atoms with van der Waals surface area (Å²) in [5.74, 6) is 0.821. The highest BCUT2D eigenvalue weighted by Gasteiger charge is 2.34. The Bertz CT molecular complexity index is 117. The van der Waals surface area contributed by atoms with Crippen molar-refractivity contribution in [1.82, 2.24) is 0 Å². The molecule has 0 radical (unpaired) electrons. The summed E-state index contributed by atoms with van der Waals surface area (Å²) in [4.78, 5) is 0. The molecule has 0 aromatic heterocycles. The molecular formula is C11H22O. The van der Waals surface area contributed by atoms with Crippen LogP contribution in [-0.4, -0.2) is 13.2 Å². The molecule has 0 amide bonds. The molecule has 1 fully saturated rings. The van der Waals surface area contributed by atoms with Gasteiger partial charge in [-0.25, -0.2) is 0 Å². The van der Waals surface area contributed by atoms with E-state index in [9.17, 15) is 0 Å². The average Bonchev–Trinajstić information content (AvgIpc) is 2.06. The maximum Gasteiger partial charge on any atom is 0.0471 e. The Morgan fingerprint density at radius 3 is 2.25 bits per heavy atom. The fraction of sp³-hybridized carbons (Fsp3) is 1.00. The first-order valence-electron chi connectivity index (χ1n) is 5.29. The van der Waals surface area contributed by atoms with E-state index in [0.717, 1.165) is 19.1 Å². The highest BCUT2D eigenvalue weighted by molar-refractivity contribution is 4.84. The van der Waals surface area contributed by atoms with Crippen LogP contribution in [0, 0.1) is 11.3 Å². The van der Waals surface area contributed by atoms with Crippen LogP contribution in [0.3, 0.4) is 0 Å². The van der Waals surface area contributed by atoms with Crippen molar-refractivity contribution in [3.8, 4) is 0 Å². The van der Waals surface area contributed by atoms with Crippen molar-refractivity contribution < 1.29 is 4.74 Å². The van der Waals surface area contributed by atoms with Crippen LogP contribution in [0.4, 0.5) is 0 Å². The third-order valence-electron chi connectivity index (χ3n) is 3.46. The van der Waals surface area contributed by atoms with Crippen molar-refractivity contribution in [3.63, 3.8) is 0 Å². The molecule has 1 rings (SSSR count). The summed E-state index contributed by atoms with van der Waals surface area (Å²) in [7, 11) is 0. The predicted molar refractivity (Wildman–Crippen MR) is 52.2 cm³/mol. The highest BCUT2D eigenvalue weighted by atomic mass is 16.5. The van der Waals surface area contributed by atoms with Crippen LogP contribution in [0.15, 0.2) is 0 Å². The van der Waals surface area contributed by atoms with Gasteiger partial charge in [0.25, 0.3) is 0 Å². The van der Waals surface area contributed by atoms with Gasteiger partial charge in [-0.1, -0.05) is 27.2 Å². The first-order valence-corrected chi connectivity index (χ1v) is 5.29. The molecule has 1 heteroatoms. The third-order valence-corrected chi connectivity index (χ3v) is 3.46. The van der Waals surface area contributed by atoms with Crippen LogP contribution in [0.25, 0.3) is 0 Å². The number of rotatable bonds is 3. The molecule has 1 heterocycles. The Hall–Kier alpha value is -0.0400. The van der Waals surface area contributed by atoms with Crippen molar-refractivity contribution in [3.05, 3.63) is 0 Å². The summed E-state index contributed by atoms with van der Waals surface area (Å²) in [6.07, 6.45) is 5.25. The maximum absolute atomic E-state index is 5.42. The van der Waals surface area contributed by atoms with Gasteiger partial charge in [0.2, 0.25) is 0 Å². The molecule has 0 atom stereocenters. The van der Waals surface area contributed by atoms with Crippen LogP contribution >= 0.6 is 0 Å². The standard InChI is InChI=1S/C11H22O/c1-4-5-11(10(2)3)6-8-12-9-7-11/h10H,4-9H2,1-3H3. The topological polar surface area (TPSA) is 9.23 Å². The van der Waals surface area contributed by atoms with E-state index in [0.29, 0.717) is 5.41 Å². The summed E-state index contributed by atoms with van der Waals surface area (Å²) >= 11 is 0. The van der Waals surface area contributed by atoms with Crippen LogP contribution in [0.5, 0.6) is 0 Å². The van der Waals surface area contributed by atoms with E-state index in [2.05, 4.69) is 20.8 Å². The van der Waals surface area contributed by atoms with E-state index in [-0.39, 0.29) is 0 Å². The summed E-state index contributed by atoms with van der Waals surface area (Å²) in [5.41, 5.74) is 0.604. The molecule has 0 aliphatic carbocycles. The molecule has 0 unspecified atom stereocenters. The SMILES string of the molecule is CCCC1(C(C)C)CCOCC1. The molecule has 0 saturated carbocycles. The second-order valence-corrected chi connectivity index (χ2v) is 4.38. The van der Waals surface area contributed by atoms with Crippen LogP contribution in [0.2, 0.25) is 0 Å². The lowest BCUT2D eigenvalue weighted by atomic mass is 9.68. The first-order chi connectivity index (χ1) is 5.71. The molecular weight excluding hydrogens is 148 g/mol. The molecule has 0 aromatic carbocycles. The van der Waals surface area contributed by atoms with Crippen molar-refractivity contribution in [1.29, 1.82) is 0 Å². The lowest BCUT2D eigenvalue weighted by Crippen LogP contribution is -2.34. The van der Waals surface area contributed by atoms with Crippen molar-refractivity contribution in [2.45, 2.75) is 46.5 Å². The zero-order chi connectivity index (χ0) is 9.03. The molecule has 0 spiro atoms. The van der Waals surface area contributed by atoms with Crippen LogP contribution < -0.4 is 0 Å². The minimum Gasteiger partial charge on any atom is -0.381 e. The summed E-state index contributed by atoms with van der Waals surface area (Å²) in [6, 6.07) is 0. The lowest BCUT2D eigenvalue weighted by molar-refractivity contribution is -0.0157. The molecule has 72 valence electrons. The maximum atomic E-state index is 5.42. The Balaban J connectivity index is 2.56. The van der Waals surface area contributed by atoms with Crippen molar-refractivity contribution >= 4 is 0 Å². The highest BCUT2D eigenvalue weighted by Crippen LogP contribution is 2.41. The Labute approximate surface area is 76.5 Å². The van der Waals surface area contributed by atoms with Gasteiger partial charge in [-0.3, -0.25) is 0 Å². The van der Waals surface area contributed by atoms with E-state index < -0.39 is 0 Å². The fourth-order valence-corrected chi connectivity index (χ4v) is 2.39. The van der Waals surface area contributed by atoms with Gasteiger partial charge in [-0.2, -0.15) is 0 Å². The summed E-state index contributed by atoms with van der Waals surface area (Å²) in [5, 5.41) is 0.